The number of amides is 1. The first-order valence-corrected chi connectivity index (χ1v) is 4.68. The Hall–Kier alpha value is -1.73. The number of nitrogens with zero attached hydrogens (tertiary/aromatic N) is 1. The molecule has 0 saturated carbocycles. The zero-order valence-electron chi connectivity index (χ0n) is 8.08. The van der Waals surface area contributed by atoms with Gasteiger partial charge in [0.2, 0.25) is 5.91 Å². The predicted molar refractivity (Wildman–Crippen MR) is 57.1 cm³/mol. The summed E-state index contributed by atoms with van der Waals surface area (Å²) in [6.07, 6.45) is 0. The fraction of sp³-hybridized carbons (Fsp3) is 0.200. The van der Waals surface area contributed by atoms with Crippen molar-refractivity contribution in [2.24, 2.45) is 0 Å². The van der Waals surface area contributed by atoms with Crippen LogP contribution in [0, 0.1) is 11.3 Å². The molecule has 0 heterocycles. The van der Waals surface area contributed by atoms with Crippen LogP contribution in [-0.4, -0.2) is 18.9 Å². The van der Waals surface area contributed by atoms with Gasteiger partial charge in [-0.2, -0.15) is 5.26 Å². The standard InChI is InChI=1S/C10H9ClN2O2/c1-15-9-3-7(6-12)2-8(4-9)13-10(14)5-11/h2-4H,5H2,1H3,(H,13,14). The third kappa shape index (κ3) is 3.15. The van der Waals surface area contributed by atoms with Gasteiger partial charge in [0.05, 0.1) is 18.7 Å². The molecule has 0 unspecified atom stereocenters. The van der Waals surface area contributed by atoms with E-state index in [2.05, 4.69) is 5.32 Å². The van der Waals surface area contributed by atoms with Crippen molar-refractivity contribution < 1.29 is 9.53 Å². The van der Waals surface area contributed by atoms with E-state index in [9.17, 15) is 4.79 Å². The van der Waals surface area contributed by atoms with Crippen LogP contribution in [-0.2, 0) is 4.79 Å². The minimum Gasteiger partial charge on any atom is -0.497 e. The van der Waals surface area contributed by atoms with Crippen molar-refractivity contribution in [3.8, 4) is 11.8 Å². The zero-order chi connectivity index (χ0) is 11.3. The molecule has 0 aliphatic heterocycles. The molecule has 1 amide bonds. The summed E-state index contributed by atoms with van der Waals surface area (Å²) in [4.78, 5) is 11.0. The summed E-state index contributed by atoms with van der Waals surface area (Å²) in [6, 6.07) is 6.71. The van der Waals surface area contributed by atoms with Crippen LogP contribution in [0.2, 0.25) is 0 Å². The SMILES string of the molecule is COc1cc(C#N)cc(NC(=O)CCl)c1. The molecule has 78 valence electrons. The van der Waals surface area contributed by atoms with Gasteiger partial charge in [-0.3, -0.25) is 4.79 Å². The van der Waals surface area contributed by atoms with Crippen molar-refractivity contribution in [1.82, 2.24) is 0 Å². The normalized spacial score (nSPS) is 9.13. The van der Waals surface area contributed by atoms with E-state index in [0.717, 1.165) is 0 Å². The van der Waals surface area contributed by atoms with E-state index in [1.807, 2.05) is 6.07 Å². The minimum atomic E-state index is -0.325. The molecule has 15 heavy (non-hydrogen) atoms. The van der Waals surface area contributed by atoms with Gasteiger partial charge in [0, 0.05) is 11.8 Å². The average molecular weight is 225 g/mol. The van der Waals surface area contributed by atoms with E-state index in [1.54, 1.807) is 18.2 Å². The van der Waals surface area contributed by atoms with Gasteiger partial charge >= 0.3 is 0 Å². The number of ether oxygens (including phenoxy) is 1. The first kappa shape index (κ1) is 11.3. The first-order chi connectivity index (χ1) is 7.19. The van der Waals surface area contributed by atoms with Crippen molar-refractivity contribution in [2.45, 2.75) is 0 Å². The Morgan fingerprint density at radius 2 is 2.33 bits per heavy atom. The third-order valence-electron chi connectivity index (χ3n) is 1.68. The van der Waals surface area contributed by atoms with Crippen LogP contribution in [0.5, 0.6) is 5.75 Å². The van der Waals surface area contributed by atoms with E-state index in [1.165, 1.54) is 7.11 Å². The maximum atomic E-state index is 11.0. The Bertz CT molecular complexity index is 412. The van der Waals surface area contributed by atoms with Gasteiger partial charge in [-0.15, -0.1) is 11.6 Å². The van der Waals surface area contributed by atoms with Crippen molar-refractivity contribution >= 4 is 23.2 Å². The number of rotatable bonds is 3. The zero-order valence-corrected chi connectivity index (χ0v) is 8.84. The highest BCUT2D eigenvalue weighted by Crippen LogP contribution is 2.20. The lowest BCUT2D eigenvalue weighted by Crippen LogP contribution is -2.12. The van der Waals surface area contributed by atoms with E-state index in [4.69, 9.17) is 21.6 Å². The quantitative estimate of drug-likeness (QED) is 0.796. The van der Waals surface area contributed by atoms with Crippen LogP contribution in [0.3, 0.4) is 0 Å². The molecule has 4 nitrogen and oxygen atoms in total. The number of carbonyl (C=O) groups excluding carboxylic acids is 1. The molecule has 0 aromatic heterocycles. The summed E-state index contributed by atoms with van der Waals surface area (Å²) in [7, 11) is 1.49. The molecule has 0 aliphatic rings. The summed E-state index contributed by atoms with van der Waals surface area (Å²) in [6.45, 7) is 0. The lowest BCUT2D eigenvalue weighted by atomic mass is 10.2. The highest BCUT2D eigenvalue weighted by molar-refractivity contribution is 6.29. The molecule has 1 rings (SSSR count). The number of anilines is 1. The second-order valence-electron chi connectivity index (χ2n) is 2.74. The maximum Gasteiger partial charge on any atom is 0.239 e. The summed E-state index contributed by atoms with van der Waals surface area (Å²) in [5, 5.41) is 11.3. The van der Waals surface area contributed by atoms with Gasteiger partial charge in [0.15, 0.2) is 0 Å². The monoisotopic (exact) mass is 224 g/mol. The Kier molecular flexibility index (Phi) is 3.95. The molecule has 0 aliphatic carbocycles. The molecule has 0 spiro atoms. The van der Waals surface area contributed by atoms with Gasteiger partial charge in [-0.25, -0.2) is 0 Å². The fourth-order valence-corrected chi connectivity index (χ4v) is 1.11. The van der Waals surface area contributed by atoms with Crippen LogP contribution in [0.15, 0.2) is 18.2 Å². The van der Waals surface area contributed by atoms with Gasteiger partial charge in [-0.05, 0) is 12.1 Å². The van der Waals surface area contributed by atoms with Crippen LogP contribution >= 0.6 is 11.6 Å². The summed E-state index contributed by atoms with van der Waals surface area (Å²) in [5.74, 6) is 0.0618. The molecule has 0 fully saturated rings. The molecule has 0 atom stereocenters. The Labute approximate surface area is 92.4 Å². The summed E-state index contributed by atoms with van der Waals surface area (Å²) in [5.41, 5.74) is 0.913. The lowest BCUT2D eigenvalue weighted by Gasteiger charge is -2.06. The third-order valence-corrected chi connectivity index (χ3v) is 1.92. The number of alkyl halides is 1. The van der Waals surface area contributed by atoms with Crippen molar-refractivity contribution in [3.05, 3.63) is 23.8 Å². The van der Waals surface area contributed by atoms with Crippen molar-refractivity contribution in [3.63, 3.8) is 0 Å². The van der Waals surface area contributed by atoms with Gasteiger partial charge in [-0.1, -0.05) is 0 Å². The van der Waals surface area contributed by atoms with Crippen LogP contribution in [0.4, 0.5) is 5.69 Å². The number of methoxy groups -OCH3 is 1. The van der Waals surface area contributed by atoms with Crippen LogP contribution < -0.4 is 10.1 Å². The van der Waals surface area contributed by atoms with Crippen molar-refractivity contribution in [2.75, 3.05) is 18.3 Å². The molecule has 0 radical (unpaired) electrons. The van der Waals surface area contributed by atoms with Gasteiger partial charge < -0.3 is 10.1 Å². The largest absolute Gasteiger partial charge is 0.497 e. The van der Waals surface area contributed by atoms with Gasteiger partial charge in [0.25, 0.3) is 0 Å². The van der Waals surface area contributed by atoms with Gasteiger partial charge in [0.1, 0.15) is 11.6 Å². The number of hydrogen-bond acceptors (Lipinski definition) is 3. The van der Waals surface area contributed by atoms with E-state index in [-0.39, 0.29) is 11.8 Å². The minimum absolute atomic E-state index is 0.126. The maximum absolute atomic E-state index is 11.0. The summed E-state index contributed by atoms with van der Waals surface area (Å²) >= 11 is 5.34. The number of benzene rings is 1. The molecule has 0 saturated heterocycles. The molecular weight excluding hydrogens is 216 g/mol. The Morgan fingerprint density at radius 3 is 2.87 bits per heavy atom. The molecule has 0 bridgehead atoms. The molecule has 1 N–H and O–H groups in total. The number of halogens is 1. The summed E-state index contributed by atoms with van der Waals surface area (Å²) < 4.78 is 4.98. The molecule has 5 heteroatoms. The highest BCUT2D eigenvalue weighted by atomic mass is 35.5. The highest BCUT2D eigenvalue weighted by Gasteiger charge is 2.04. The number of hydrogen-bond donors (Lipinski definition) is 1. The van der Waals surface area contributed by atoms with E-state index >= 15 is 0 Å². The molecular formula is C10H9ClN2O2. The number of nitriles is 1. The predicted octanol–water partition coefficient (Wildman–Crippen LogP) is 1.74. The second-order valence-corrected chi connectivity index (χ2v) is 3.01. The number of nitrogens with one attached hydrogen (secondary N) is 1. The van der Waals surface area contributed by atoms with E-state index < -0.39 is 0 Å². The second kappa shape index (κ2) is 5.23. The van der Waals surface area contributed by atoms with Crippen LogP contribution in [0.25, 0.3) is 0 Å². The van der Waals surface area contributed by atoms with Crippen molar-refractivity contribution in [1.29, 1.82) is 5.26 Å². The average Bonchev–Trinajstić information content (AvgIpc) is 2.28. The smallest absolute Gasteiger partial charge is 0.239 e. The molecule has 1 aromatic carbocycles. The topological polar surface area (TPSA) is 62.1 Å². The van der Waals surface area contributed by atoms with Crippen LogP contribution in [0.1, 0.15) is 5.56 Å². The number of carbonyl (C=O) groups is 1. The lowest BCUT2D eigenvalue weighted by molar-refractivity contribution is -0.113. The Morgan fingerprint density at radius 1 is 1.60 bits per heavy atom. The first-order valence-electron chi connectivity index (χ1n) is 4.14. The fourth-order valence-electron chi connectivity index (χ4n) is 1.05. The molecule has 1 aromatic rings. The van der Waals surface area contributed by atoms with E-state index in [0.29, 0.717) is 17.0 Å². The Balaban J connectivity index is 2.98.